The molecule has 70 heavy (non-hydrogen) atoms. The zero-order valence-corrected chi connectivity index (χ0v) is 39.5. The summed E-state index contributed by atoms with van der Waals surface area (Å²) in [5.41, 5.74) is 5.63. The van der Waals surface area contributed by atoms with Gasteiger partial charge in [0.2, 0.25) is 0 Å². The fourth-order valence-electron chi connectivity index (χ4n) is 6.26. The standard InChI is InChI=1S/2C23H24N8O4/c2*1-23(2,3)35-22(33)31-27-20(25-29-31)13-19-24-28-30(26-19)14-15-5-7-16(8-6-15)17-9-11-18(12-10-17)21(32)34-4/h2*5-12H,13-14H2,1-4H3. The van der Waals surface area contributed by atoms with E-state index in [0.717, 1.165) is 43.0 Å². The molecule has 360 valence electrons. The summed E-state index contributed by atoms with van der Waals surface area (Å²) in [7, 11) is 2.71. The van der Waals surface area contributed by atoms with Crippen molar-refractivity contribution in [2.45, 2.75) is 78.7 Å². The first kappa shape index (κ1) is 49.0. The summed E-state index contributed by atoms with van der Waals surface area (Å²) >= 11 is 0. The van der Waals surface area contributed by atoms with Crippen molar-refractivity contribution in [2.75, 3.05) is 14.2 Å². The first-order valence-corrected chi connectivity index (χ1v) is 21.5. The second-order valence-electron chi connectivity index (χ2n) is 17.3. The van der Waals surface area contributed by atoms with Crippen molar-refractivity contribution in [1.29, 1.82) is 0 Å². The number of rotatable bonds is 12. The first-order valence-electron chi connectivity index (χ1n) is 21.5. The van der Waals surface area contributed by atoms with E-state index in [1.54, 1.807) is 65.8 Å². The molecular weight excluding hydrogens is 905 g/mol. The number of benzene rings is 4. The molecule has 8 aromatic rings. The van der Waals surface area contributed by atoms with Gasteiger partial charge in [0.1, 0.15) is 11.2 Å². The molecule has 0 aliphatic carbocycles. The number of hydrogen-bond acceptors (Lipinski definition) is 20. The quantitative estimate of drug-likeness (QED) is 0.114. The highest BCUT2D eigenvalue weighted by molar-refractivity contribution is 5.90. The number of hydrogen-bond donors (Lipinski definition) is 0. The largest absolute Gasteiger partial charge is 0.465 e. The third-order valence-electron chi connectivity index (χ3n) is 9.48. The molecule has 24 nitrogen and oxygen atoms in total. The highest BCUT2D eigenvalue weighted by Gasteiger charge is 2.22. The molecule has 0 amide bonds. The lowest BCUT2D eigenvalue weighted by Gasteiger charge is -2.17. The zero-order chi connectivity index (χ0) is 50.0. The van der Waals surface area contributed by atoms with Crippen molar-refractivity contribution in [3.63, 3.8) is 0 Å². The molecule has 0 saturated heterocycles. The minimum atomic E-state index is -0.712. The zero-order valence-electron chi connectivity index (χ0n) is 39.5. The first-order chi connectivity index (χ1) is 33.4. The average molecular weight is 953 g/mol. The maximum absolute atomic E-state index is 12.0. The minimum absolute atomic E-state index is 0.170. The van der Waals surface area contributed by atoms with Crippen molar-refractivity contribution >= 4 is 24.1 Å². The van der Waals surface area contributed by atoms with Gasteiger partial charge in [0.05, 0.1) is 51.3 Å². The second-order valence-corrected chi connectivity index (χ2v) is 17.3. The molecule has 4 heterocycles. The maximum Gasteiger partial charge on any atom is 0.454 e. The van der Waals surface area contributed by atoms with Crippen molar-refractivity contribution < 1.29 is 38.1 Å². The van der Waals surface area contributed by atoms with E-state index in [1.807, 2.05) is 72.8 Å². The number of methoxy groups -OCH3 is 2. The van der Waals surface area contributed by atoms with E-state index in [4.69, 9.17) is 18.9 Å². The lowest BCUT2D eigenvalue weighted by atomic mass is 10.0. The lowest BCUT2D eigenvalue weighted by Crippen LogP contribution is -2.28. The molecule has 0 aliphatic heterocycles. The molecule has 0 aliphatic rings. The van der Waals surface area contributed by atoms with E-state index in [-0.39, 0.29) is 36.4 Å². The van der Waals surface area contributed by atoms with Gasteiger partial charge < -0.3 is 18.9 Å². The highest BCUT2D eigenvalue weighted by atomic mass is 16.6. The van der Waals surface area contributed by atoms with Gasteiger partial charge in [0.15, 0.2) is 23.3 Å². The monoisotopic (exact) mass is 952 g/mol. The molecule has 8 rings (SSSR count). The summed E-state index contributed by atoms with van der Waals surface area (Å²) in [6.45, 7) is 11.4. The normalized spacial score (nSPS) is 11.3. The molecule has 0 saturated carbocycles. The molecule has 0 fully saturated rings. The van der Waals surface area contributed by atoms with Crippen LogP contribution in [0.1, 0.15) is 96.7 Å². The number of ether oxygens (including phenoxy) is 4. The number of esters is 2. The van der Waals surface area contributed by atoms with Crippen LogP contribution >= 0.6 is 0 Å². The Labute approximate surface area is 399 Å². The van der Waals surface area contributed by atoms with Crippen LogP contribution in [-0.2, 0) is 44.9 Å². The summed E-state index contributed by atoms with van der Waals surface area (Å²) in [6.07, 6.45) is -1.08. The number of nitrogens with zero attached hydrogens (tertiary/aromatic N) is 16. The van der Waals surface area contributed by atoms with Crippen molar-refractivity contribution in [3.05, 3.63) is 143 Å². The predicted octanol–water partition coefficient (Wildman–Crippen LogP) is 5.07. The van der Waals surface area contributed by atoms with Crippen LogP contribution in [0.3, 0.4) is 0 Å². The summed E-state index contributed by atoms with van der Waals surface area (Å²) in [6, 6.07) is 30.3. The third-order valence-corrected chi connectivity index (χ3v) is 9.48. The fraction of sp³-hybridized carbons (Fsp3) is 0.304. The van der Waals surface area contributed by atoms with Crippen LogP contribution in [0, 0.1) is 0 Å². The lowest BCUT2D eigenvalue weighted by molar-refractivity contribution is 0.0474. The van der Waals surface area contributed by atoms with E-state index >= 15 is 0 Å². The molecular formula is C46H48N16O8. The van der Waals surface area contributed by atoms with Crippen molar-refractivity contribution in [1.82, 2.24) is 80.8 Å². The SMILES string of the molecule is COC(=O)c1ccc(-c2ccc(Cn3nnc(Cc4nnn(C(=O)OC(C)(C)C)n4)n3)cc2)cc1.COC(=O)c1ccc(-c2ccc(Cn3nnc(Cc4nnn(C(=O)OC(C)(C)C)n4)n3)cc2)cc1. The molecule has 4 aromatic carbocycles. The Morgan fingerprint density at radius 1 is 0.429 bits per heavy atom. The maximum atomic E-state index is 12.0. The van der Waals surface area contributed by atoms with Crippen molar-refractivity contribution in [3.8, 4) is 22.3 Å². The van der Waals surface area contributed by atoms with Gasteiger partial charge in [-0.1, -0.05) is 82.4 Å². The topological polar surface area (TPSA) is 280 Å². The number of aromatic nitrogens is 16. The smallest absolute Gasteiger partial charge is 0.454 e. The molecule has 0 bridgehead atoms. The van der Waals surface area contributed by atoms with Crippen LogP contribution in [0.15, 0.2) is 97.1 Å². The Balaban J connectivity index is 0.000000206. The highest BCUT2D eigenvalue weighted by Crippen LogP contribution is 2.23. The van der Waals surface area contributed by atoms with Gasteiger partial charge in [-0.2, -0.15) is 9.59 Å². The van der Waals surface area contributed by atoms with Crippen LogP contribution < -0.4 is 0 Å². The van der Waals surface area contributed by atoms with E-state index < -0.39 is 23.4 Å². The van der Waals surface area contributed by atoms with Gasteiger partial charge in [-0.3, -0.25) is 0 Å². The predicted molar refractivity (Wildman–Crippen MR) is 245 cm³/mol. The van der Waals surface area contributed by atoms with Crippen LogP contribution in [-0.4, -0.2) is 130 Å². The Kier molecular flexibility index (Phi) is 14.9. The van der Waals surface area contributed by atoms with E-state index in [1.165, 1.54) is 23.8 Å². The number of carbonyl (C=O) groups excluding carboxylic acids is 4. The van der Waals surface area contributed by atoms with Gasteiger partial charge >= 0.3 is 24.1 Å². The molecule has 0 unspecified atom stereocenters. The molecule has 4 aromatic heterocycles. The molecule has 0 spiro atoms. The van der Waals surface area contributed by atoms with Crippen LogP contribution in [0.2, 0.25) is 0 Å². The molecule has 0 radical (unpaired) electrons. The fourth-order valence-corrected chi connectivity index (χ4v) is 6.26. The number of carbonyl (C=O) groups is 4. The van der Waals surface area contributed by atoms with Crippen LogP contribution in [0.5, 0.6) is 0 Å². The minimum Gasteiger partial charge on any atom is -0.465 e. The Morgan fingerprint density at radius 3 is 1.04 bits per heavy atom. The van der Waals surface area contributed by atoms with Gasteiger partial charge in [-0.25, -0.2) is 19.2 Å². The van der Waals surface area contributed by atoms with Gasteiger partial charge in [-0.05, 0) is 120 Å². The number of tetrazole rings is 4. The van der Waals surface area contributed by atoms with E-state index in [2.05, 4.69) is 61.6 Å². The third kappa shape index (κ3) is 13.6. The van der Waals surface area contributed by atoms with Gasteiger partial charge in [-0.15, -0.1) is 40.8 Å². The summed E-state index contributed by atoms with van der Waals surface area (Å²) in [4.78, 5) is 51.7. The van der Waals surface area contributed by atoms with Gasteiger partial charge in [0.25, 0.3) is 0 Å². The van der Waals surface area contributed by atoms with Crippen LogP contribution in [0.4, 0.5) is 9.59 Å². The van der Waals surface area contributed by atoms with E-state index in [9.17, 15) is 19.2 Å². The van der Waals surface area contributed by atoms with Crippen LogP contribution in [0.25, 0.3) is 22.3 Å². The van der Waals surface area contributed by atoms with E-state index in [0.29, 0.717) is 35.9 Å². The van der Waals surface area contributed by atoms with Gasteiger partial charge in [0, 0.05) is 0 Å². The summed E-state index contributed by atoms with van der Waals surface area (Å²) < 4.78 is 19.9. The second kappa shape index (κ2) is 21.3. The Hall–Kier alpha value is -8.96. The molecule has 0 atom stereocenters. The summed E-state index contributed by atoms with van der Waals surface area (Å²) in [5, 5.41) is 48.1. The van der Waals surface area contributed by atoms with Crippen molar-refractivity contribution in [2.24, 2.45) is 0 Å². The molecule has 0 N–H and O–H groups in total. The Bertz CT molecular complexity index is 2850. The summed E-state index contributed by atoms with van der Waals surface area (Å²) in [5.74, 6) is 0.619. The average Bonchev–Trinajstić information content (AvgIpc) is 4.18. The Morgan fingerprint density at radius 2 is 0.729 bits per heavy atom. The molecule has 24 heteroatoms.